The molecule has 0 aliphatic carbocycles. The first-order valence-corrected chi connectivity index (χ1v) is 6.05. The van der Waals surface area contributed by atoms with E-state index >= 15 is 0 Å². The molecule has 1 fully saturated rings. The van der Waals surface area contributed by atoms with Crippen molar-refractivity contribution in [1.82, 2.24) is 10.3 Å². The summed E-state index contributed by atoms with van der Waals surface area (Å²) in [6.07, 6.45) is 3.02. The topological polar surface area (TPSA) is 78.8 Å². The Labute approximate surface area is 101 Å². The van der Waals surface area contributed by atoms with Crippen LogP contribution in [0.5, 0.6) is 0 Å². The average molecular weight is 241 g/mol. The van der Waals surface area contributed by atoms with E-state index in [1.165, 1.54) is 0 Å². The van der Waals surface area contributed by atoms with Crippen LogP contribution >= 0.6 is 0 Å². The van der Waals surface area contributed by atoms with Gasteiger partial charge in [-0.25, -0.2) is 5.43 Å². The van der Waals surface area contributed by atoms with Crippen LogP contribution in [0.25, 0.3) is 0 Å². The van der Waals surface area contributed by atoms with Gasteiger partial charge in [-0.1, -0.05) is 20.3 Å². The highest BCUT2D eigenvalue weighted by Gasteiger charge is 2.36. The summed E-state index contributed by atoms with van der Waals surface area (Å²) in [5.74, 6) is -0.164. The summed E-state index contributed by atoms with van der Waals surface area (Å²) in [5, 5.41) is 2.37. The zero-order chi connectivity index (χ0) is 12.8. The normalized spacial score (nSPS) is 21.4. The Morgan fingerprint density at radius 2 is 2.29 bits per heavy atom. The first kappa shape index (κ1) is 13.6. The molecule has 1 heterocycles. The van der Waals surface area contributed by atoms with Gasteiger partial charge in [0.2, 0.25) is 5.91 Å². The van der Waals surface area contributed by atoms with Gasteiger partial charge in [0.25, 0.3) is 5.91 Å². The van der Waals surface area contributed by atoms with Gasteiger partial charge in [-0.2, -0.15) is 0 Å². The van der Waals surface area contributed by atoms with Gasteiger partial charge in [0.15, 0.2) is 0 Å². The molecular formula is C11H19N3O3. The second-order valence-corrected chi connectivity index (χ2v) is 4.40. The lowest BCUT2D eigenvalue weighted by Gasteiger charge is -2.25. The molecule has 6 heteroatoms. The summed E-state index contributed by atoms with van der Waals surface area (Å²) < 4.78 is 0. The fraction of sp³-hybridized carbons (Fsp3) is 0.818. The lowest BCUT2D eigenvalue weighted by molar-refractivity contribution is -0.137. The molecule has 1 aliphatic rings. The highest BCUT2D eigenvalue weighted by Crippen LogP contribution is 2.25. The van der Waals surface area contributed by atoms with Gasteiger partial charge in [0.1, 0.15) is 6.04 Å². The molecule has 17 heavy (non-hydrogen) atoms. The Balaban J connectivity index is 2.66. The van der Waals surface area contributed by atoms with Gasteiger partial charge in [-0.05, 0) is 18.8 Å². The van der Waals surface area contributed by atoms with Crippen molar-refractivity contribution in [1.29, 1.82) is 0 Å². The van der Waals surface area contributed by atoms with E-state index in [1.54, 1.807) is 4.90 Å². The summed E-state index contributed by atoms with van der Waals surface area (Å²) >= 11 is 0. The predicted molar refractivity (Wildman–Crippen MR) is 62.7 cm³/mol. The van der Waals surface area contributed by atoms with E-state index < -0.39 is 11.9 Å². The van der Waals surface area contributed by atoms with Gasteiger partial charge in [-0.15, -0.1) is 4.91 Å². The lowest BCUT2D eigenvalue weighted by atomic mass is 10.0. The quantitative estimate of drug-likeness (QED) is 0.560. The van der Waals surface area contributed by atoms with E-state index in [9.17, 15) is 14.5 Å². The Bertz CT molecular complexity index is 306. The molecule has 1 aliphatic heterocycles. The van der Waals surface area contributed by atoms with Crippen molar-refractivity contribution in [2.24, 2.45) is 11.2 Å². The number of carbonyl (C=O) groups is 2. The number of nitrogens with one attached hydrogen (secondary N) is 1. The summed E-state index contributed by atoms with van der Waals surface area (Å²) in [6, 6.07) is -0.568. The Morgan fingerprint density at radius 1 is 1.59 bits per heavy atom. The molecule has 0 saturated carbocycles. The van der Waals surface area contributed by atoms with Crippen LogP contribution in [0.1, 0.15) is 39.5 Å². The van der Waals surface area contributed by atoms with Gasteiger partial charge >= 0.3 is 0 Å². The Kier molecular flexibility index (Phi) is 5.06. The number of hydrogen-bond donors (Lipinski definition) is 1. The first-order chi connectivity index (χ1) is 8.13. The van der Waals surface area contributed by atoms with Gasteiger partial charge in [0, 0.05) is 13.0 Å². The van der Waals surface area contributed by atoms with Crippen LogP contribution in [0, 0.1) is 10.8 Å². The van der Waals surface area contributed by atoms with Crippen molar-refractivity contribution in [2.45, 2.75) is 45.6 Å². The second-order valence-electron chi connectivity index (χ2n) is 4.40. The minimum absolute atomic E-state index is 0.00338. The molecule has 1 saturated heterocycles. The van der Waals surface area contributed by atoms with Crippen LogP contribution in [0.3, 0.4) is 0 Å². The van der Waals surface area contributed by atoms with Gasteiger partial charge in [-0.3, -0.25) is 9.59 Å². The third-order valence-corrected chi connectivity index (χ3v) is 3.16. The minimum atomic E-state index is -0.568. The standard InChI is InChI=1S/C11H19N3O3/c1-3-5-8-6-10(15)14(7-8)9(4-2)11(16)12-13-17/h8-9H,3-7H2,1-2H3,(H,12,16,17)/t8-,9+/m1/s1. The van der Waals surface area contributed by atoms with Crippen LogP contribution in [0.15, 0.2) is 5.29 Å². The van der Waals surface area contributed by atoms with Crippen LogP contribution in [0.4, 0.5) is 0 Å². The van der Waals surface area contributed by atoms with Crippen LogP contribution in [-0.2, 0) is 9.59 Å². The van der Waals surface area contributed by atoms with Crippen molar-refractivity contribution >= 4 is 11.8 Å². The highest BCUT2D eigenvalue weighted by molar-refractivity contribution is 5.88. The maximum atomic E-state index is 11.8. The van der Waals surface area contributed by atoms with E-state index in [2.05, 4.69) is 12.2 Å². The lowest BCUT2D eigenvalue weighted by Crippen LogP contribution is -2.46. The smallest absolute Gasteiger partial charge is 0.265 e. The number of carbonyl (C=O) groups excluding carboxylic acids is 2. The summed E-state index contributed by atoms with van der Waals surface area (Å²) in [6.45, 7) is 4.50. The molecular weight excluding hydrogens is 222 g/mol. The molecule has 0 aromatic carbocycles. The molecule has 0 aromatic heterocycles. The molecule has 0 unspecified atom stereocenters. The molecule has 0 bridgehead atoms. The number of nitrogens with zero attached hydrogens (tertiary/aromatic N) is 2. The van der Waals surface area contributed by atoms with Crippen molar-refractivity contribution in [3.8, 4) is 0 Å². The number of amides is 2. The Hall–Kier alpha value is -1.46. The summed E-state index contributed by atoms with van der Waals surface area (Å²) in [4.78, 5) is 35.0. The number of hydrogen-bond acceptors (Lipinski definition) is 4. The molecule has 0 radical (unpaired) electrons. The minimum Gasteiger partial charge on any atom is -0.330 e. The summed E-state index contributed by atoms with van der Waals surface area (Å²) in [7, 11) is 0. The van der Waals surface area contributed by atoms with Crippen LogP contribution < -0.4 is 5.43 Å². The average Bonchev–Trinajstić information content (AvgIpc) is 2.62. The van der Waals surface area contributed by atoms with Gasteiger partial charge in [0.05, 0.1) is 5.29 Å². The molecule has 6 nitrogen and oxygen atoms in total. The van der Waals surface area contributed by atoms with E-state index in [4.69, 9.17) is 0 Å². The van der Waals surface area contributed by atoms with E-state index in [0.29, 0.717) is 25.3 Å². The zero-order valence-electron chi connectivity index (χ0n) is 10.3. The number of nitroso groups, excluding NO2 is 1. The van der Waals surface area contributed by atoms with Gasteiger partial charge < -0.3 is 4.90 Å². The van der Waals surface area contributed by atoms with Crippen molar-refractivity contribution < 1.29 is 9.59 Å². The third-order valence-electron chi connectivity index (χ3n) is 3.16. The molecule has 96 valence electrons. The monoisotopic (exact) mass is 241 g/mol. The first-order valence-electron chi connectivity index (χ1n) is 6.05. The SMILES string of the molecule is CCC[C@@H]1CC(=O)N([C@@H](CC)C(=O)NN=O)C1. The third kappa shape index (κ3) is 3.25. The number of likely N-dealkylation sites (tertiary alicyclic amines) is 1. The maximum Gasteiger partial charge on any atom is 0.265 e. The van der Waals surface area contributed by atoms with Crippen LogP contribution in [0.2, 0.25) is 0 Å². The maximum absolute atomic E-state index is 11.8. The summed E-state index contributed by atoms with van der Waals surface area (Å²) in [5.41, 5.74) is 1.88. The van der Waals surface area contributed by atoms with E-state index in [1.807, 2.05) is 12.3 Å². The van der Waals surface area contributed by atoms with Crippen molar-refractivity contribution in [2.75, 3.05) is 6.54 Å². The molecule has 1 N–H and O–H groups in total. The molecule has 2 atom stereocenters. The largest absolute Gasteiger partial charge is 0.330 e. The molecule has 1 rings (SSSR count). The van der Waals surface area contributed by atoms with Crippen molar-refractivity contribution in [3.63, 3.8) is 0 Å². The Morgan fingerprint density at radius 3 is 2.82 bits per heavy atom. The second kappa shape index (κ2) is 6.32. The molecule has 0 aromatic rings. The predicted octanol–water partition coefficient (Wildman–Crippen LogP) is 1.21. The molecule has 2 amide bonds. The fourth-order valence-electron chi connectivity index (χ4n) is 2.38. The van der Waals surface area contributed by atoms with E-state index in [0.717, 1.165) is 12.8 Å². The van der Waals surface area contributed by atoms with E-state index in [-0.39, 0.29) is 5.91 Å². The molecule has 0 spiro atoms. The number of rotatable bonds is 6. The fourth-order valence-corrected chi connectivity index (χ4v) is 2.38. The highest BCUT2D eigenvalue weighted by atomic mass is 16.3. The van der Waals surface area contributed by atoms with Crippen molar-refractivity contribution in [3.05, 3.63) is 4.91 Å². The zero-order valence-corrected chi connectivity index (χ0v) is 10.3. The van der Waals surface area contributed by atoms with Crippen LogP contribution in [-0.4, -0.2) is 29.3 Å².